The largest absolute Gasteiger partial charge is 0.397 e. The van der Waals surface area contributed by atoms with E-state index in [-0.39, 0.29) is 6.10 Å². The van der Waals surface area contributed by atoms with E-state index in [1.54, 1.807) is 12.1 Å². The Morgan fingerprint density at radius 1 is 1.38 bits per heavy atom. The first-order valence-corrected chi connectivity index (χ1v) is 5.90. The van der Waals surface area contributed by atoms with Gasteiger partial charge in [0.25, 0.3) is 0 Å². The van der Waals surface area contributed by atoms with Crippen molar-refractivity contribution in [2.24, 2.45) is 0 Å². The fraction of sp³-hybridized carbons (Fsp3) is 0.455. The maximum atomic E-state index is 5.90. The zero-order chi connectivity index (χ0) is 12.1. The number of nitrogens with one attached hydrogen (secondary N) is 1. The van der Waals surface area contributed by atoms with E-state index in [9.17, 15) is 0 Å². The molecule has 0 radical (unpaired) electrons. The van der Waals surface area contributed by atoms with Gasteiger partial charge in [-0.25, -0.2) is 0 Å². The fourth-order valence-electron chi connectivity index (χ4n) is 1.31. The summed E-state index contributed by atoms with van der Waals surface area (Å²) in [5.41, 5.74) is 7.16. The molecule has 1 rings (SSSR count). The number of hydrogen-bond donors (Lipinski definition) is 2. The van der Waals surface area contributed by atoms with Gasteiger partial charge in [0, 0.05) is 13.2 Å². The summed E-state index contributed by atoms with van der Waals surface area (Å²) in [6.45, 7) is 5.32. The molecule has 0 aliphatic heterocycles. The van der Waals surface area contributed by atoms with E-state index in [1.165, 1.54) is 0 Å². The van der Waals surface area contributed by atoms with Crippen LogP contribution in [-0.2, 0) is 4.74 Å². The van der Waals surface area contributed by atoms with Crippen LogP contribution >= 0.6 is 23.2 Å². The second-order valence-electron chi connectivity index (χ2n) is 3.50. The van der Waals surface area contributed by atoms with E-state index in [0.717, 1.165) is 5.69 Å². The quantitative estimate of drug-likeness (QED) is 0.800. The van der Waals surface area contributed by atoms with Gasteiger partial charge in [-0.2, -0.15) is 0 Å². The van der Waals surface area contributed by atoms with E-state index >= 15 is 0 Å². The van der Waals surface area contributed by atoms with Crippen molar-refractivity contribution >= 4 is 34.6 Å². The number of halogens is 2. The van der Waals surface area contributed by atoms with Crippen molar-refractivity contribution in [2.75, 3.05) is 24.2 Å². The SMILES string of the molecule is CCOC(C)CNc1cc(Cl)c(Cl)cc1N. The first kappa shape index (κ1) is 13.4. The Labute approximate surface area is 106 Å². The van der Waals surface area contributed by atoms with Gasteiger partial charge < -0.3 is 15.8 Å². The molecule has 0 aliphatic carbocycles. The highest BCUT2D eigenvalue weighted by atomic mass is 35.5. The highest BCUT2D eigenvalue weighted by Crippen LogP contribution is 2.30. The molecule has 1 aromatic rings. The molecule has 5 heteroatoms. The van der Waals surface area contributed by atoms with Gasteiger partial charge in [-0.15, -0.1) is 0 Å². The lowest BCUT2D eigenvalue weighted by Crippen LogP contribution is -2.20. The van der Waals surface area contributed by atoms with Crippen LogP contribution in [0.25, 0.3) is 0 Å². The van der Waals surface area contributed by atoms with E-state index < -0.39 is 0 Å². The average molecular weight is 263 g/mol. The molecule has 0 amide bonds. The van der Waals surface area contributed by atoms with Crippen LogP contribution in [-0.4, -0.2) is 19.3 Å². The van der Waals surface area contributed by atoms with Crippen LogP contribution in [0.3, 0.4) is 0 Å². The van der Waals surface area contributed by atoms with Crippen molar-refractivity contribution < 1.29 is 4.74 Å². The van der Waals surface area contributed by atoms with Crippen LogP contribution in [0, 0.1) is 0 Å². The summed E-state index contributed by atoms with van der Waals surface area (Å²) in [6, 6.07) is 3.36. The summed E-state index contributed by atoms with van der Waals surface area (Å²) >= 11 is 11.7. The standard InChI is InChI=1S/C11H16Cl2N2O/c1-3-16-7(2)6-15-11-5-9(13)8(12)4-10(11)14/h4-5,7,15H,3,6,14H2,1-2H3. The molecule has 0 aromatic heterocycles. The Bertz CT molecular complexity index is 358. The zero-order valence-electron chi connectivity index (χ0n) is 9.39. The molecule has 16 heavy (non-hydrogen) atoms. The first-order valence-electron chi connectivity index (χ1n) is 5.14. The number of ether oxygens (including phenoxy) is 1. The van der Waals surface area contributed by atoms with Gasteiger partial charge >= 0.3 is 0 Å². The summed E-state index contributed by atoms with van der Waals surface area (Å²) in [6.07, 6.45) is 0.124. The highest BCUT2D eigenvalue weighted by Gasteiger charge is 2.06. The van der Waals surface area contributed by atoms with Crippen molar-refractivity contribution in [3.8, 4) is 0 Å². The van der Waals surface area contributed by atoms with Crippen LogP contribution in [0.2, 0.25) is 10.0 Å². The smallest absolute Gasteiger partial charge is 0.0719 e. The topological polar surface area (TPSA) is 47.3 Å². The molecule has 0 saturated heterocycles. The van der Waals surface area contributed by atoms with Crippen LogP contribution in [0.15, 0.2) is 12.1 Å². The summed E-state index contributed by atoms with van der Waals surface area (Å²) in [5.74, 6) is 0. The van der Waals surface area contributed by atoms with Crippen molar-refractivity contribution in [3.63, 3.8) is 0 Å². The maximum absolute atomic E-state index is 5.90. The summed E-state index contributed by atoms with van der Waals surface area (Å²) in [5, 5.41) is 4.12. The second-order valence-corrected chi connectivity index (χ2v) is 4.31. The van der Waals surface area contributed by atoms with Crippen molar-refractivity contribution in [1.29, 1.82) is 0 Å². The van der Waals surface area contributed by atoms with Gasteiger partial charge in [0.1, 0.15) is 0 Å². The van der Waals surface area contributed by atoms with Crippen molar-refractivity contribution in [2.45, 2.75) is 20.0 Å². The van der Waals surface area contributed by atoms with Crippen LogP contribution in [0.1, 0.15) is 13.8 Å². The molecule has 1 atom stereocenters. The monoisotopic (exact) mass is 262 g/mol. The predicted octanol–water partition coefficient (Wildman–Crippen LogP) is 3.41. The van der Waals surface area contributed by atoms with E-state index in [1.807, 2.05) is 13.8 Å². The molecule has 3 nitrogen and oxygen atoms in total. The lowest BCUT2D eigenvalue weighted by atomic mass is 10.2. The van der Waals surface area contributed by atoms with Gasteiger partial charge in [0.15, 0.2) is 0 Å². The number of anilines is 2. The lowest BCUT2D eigenvalue weighted by Gasteiger charge is -2.15. The van der Waals surface area contributed by atoms with Gasteiger partial charge in [0.2, 0.25) is 0 Å². The van der Waals surface area contributed by atoms with Gasteiger partial charge in [-0.3, -0.25) is 0 Å². The van der Waals surface area contributed by atoms with Crippen LogP contribution in [0.5, 0.6) is 0 Å². The normalized spacial score (nSPS) is 12.5. The number of rotatable bonds is 5. The summed E-state index contributed by atoms with van der Waals surface area (Å²) < 4.78 is 5.40. The average Bonchev–Trinajstić information content (AvgIpc) is 2.22. The molecule has 0 spiro atoms. The molecule has 0 bridgehead atoms. The zero-order valence-corrected chi connectivity index (χ0v) is 10.9. The molecule has 0 fully saturated rings. The Morgan fingerprint density at radius 2 is 2.00 bits per heavy atom. The van der Waals surface area contributed by atoms with Gasteiger partial charge in [-0.05, 0) is 26.0 Å². The Kier molecular flexibility index (Phi) is 5.19. The number of nitrogen functional groups attached to an aromatic ring is 1. The van der Waals surface area contributed by atoms with E-state index in [2.05, 4.69) is 5.32 Å². The number of nitrogens with two attached hydrogens (primary N) is 1. The molecule has 3 N–H and O–H groups in total. The predicted molar refractivity (Wildman–Crippen MR) is 70.5 cm³/mol. The van der Waals surface area contributed by atoms with E-state index in [0.29, 0.717) is 28.9 Å². The van der Waals surface area contributed by atoms with Gasteiger partial charge in [0.05, 0.1) is 27.5 Å². The molecular weight excluding hydrogens is 247 g/mol. The minimum absolute atomic E-state index is 0.124. The molecule has 1 aromatic carbocycles. The molecule has 90 valence electrons. The highest BCUT2D eigenvalue weighted by molar-refractivity contribution is 6.42. The Morgan fingerprint density at radius 3 is 2.62 bits per heavy atom. The van der Waals surface area contributed by atoms with Crippen molar-refractivity contribution in [3.05, 3.63) is 22.2 Å². The third kappa shape index (κ3) is 3.74. The Hall–Kier alpha value is -0.640. The summed E-state index contributed by atoms with van der Waals surface area (Å²) in [7, 11) is 0. The molecule has 0 saturated carbocycles. The first-order chi connectivity index (χ1) is 7.54. The molecule has 1 unspecified atom stereocenters. The molecule has 0 heterocycles. The fourth-order valence-corrected chi connectivity index (χ4v) is 1.65. The van der Waals surface area contributed by atoms with Gasteiger partial charge in [-0.1, -0.05) is 23.2 Å². The third-order valence-corrected chi connectivity index (χ3v) is 2.85. The molecular formula is C11H16Cl2N2O. The number of benzene rings is 1. The van der Waals surface area contributed by atoms with E-state index in [4.69, 9.17) is 33.7 Å². The second kappa shape index (κ2) is 6.18. The summed E-state index contributed by atoms with van der Waals surface area (Å²) in [4.78, 5) is 0. The minimum atomic E-state index is 0.124. The van der Waals surface area contributed by atoms with Crippen LogP contribution < -0.4 is 11.1 Å². The third-order valence-electron chi connectivity index (χ3n) is 2.12. The maximum Gasteiger partial charge on any atom is 0.0719 e. The van der Waals surface area contributed by atoms with Crippen LogP contribution in [0.4, 0.5) is 11.4 Å². The molecule has 0 aliphatic rings. The number of hydrogen-bond acceptors (Lipinski definition) is 3. The lowest BCUT2D eigenvalue weighted by molar-refractivity contribution is 0.0855. The Balaban J connectivity index is 2.63. The minimum Gasteiger partial charge on any atom is -0.397 e. The van der Waals surface area contributed by atoms with Crippen molar-refractivity contribution in [1.82, 2.24) is 0 Å².